The van der Waals surface area contributed by atoms with E-state index in [1.54, 1.807) is 24.3 Å². The number of aromatic nitrogens is 5. The fraction of sp³-hybridized carbons (Fsp3) is 0.476. The topological polar surface area (TPSA) is 19.4 Å². The van der Waals surface area contributed by atoms with Crippen molar-refractivity contribution in [2.75, 3.05) is 0 Å². The van der Waals surface area contributed by atoms with Crippen LogP contribution in [-0.4, -0.2) is 0 Å². The summed E-state index contributed by atoms with van der Waals surface area (Å²) in [5.74, 6) is 0. The highest BCUT2D eigenvalue weighted by atomic mass is 14.9. The van der Waals surface area contributed by atoms with Crippen LogP contribution in [0.15, 0.2) is 171 Å². The maximum absolute atomic E-state index is 7.63. The van der Waals surface area contributed by atoms with Crippen molar-refractivity contribution < 1.29 is 31.1 Å². The van der Waals surface area contributed by atoms with Gasteiger partial charge >= 0.3 is 0 Å². The van der Waals surface area contributed by atoms with Crippen molar-refractivity contribution in [3.05, 3.63) is 265 Å². The third-order valence-electron chi connectivity index (χ3n) is 23.2. The second-order valence-electron chi connectivity index (χ2n) is 38.7. The molecule has 5 aromatic carbocycles. The van der Waals surface area contributed by atoms with Crippen molar-refractivity contribution in [2.45, 2.75) is 297 Å². The normalized spacial score (nSPS) is 13.3. The first-order valence-electron chi connectivity index (χ1n) is 43.7. The highest BCUT2D eigenvalue weighted by molar-refractivity contribution is 5.67. The Kier molecular flexibility index (Phi) is 26.4. The Hall–Kier alpha value is -8.15. The number of hydrogen-bond acceptors (Lipinski definition) is 0. The predicted molar refractivity (Wildman–Crippen MR) is 476 cm³/mol. The zero-order valence-corrected chi connectivity index (χ0v) is 75.7. The quantitative estimate of drug-likeness (QED) is 0.115. The van der Waals surface area contributed by atoms with Crippen molar-refractivity contribution in [3.63, 3.8) is 0 Å². The van der Waals surface area contributed by atoms with Crippen LogP contribution < -0.4 is 22.8 Å². The Morgan fingerprint density at radius 1 is 0.245 bits per heavy atom. The van der Waals surface area contributed by atoms with E-state index in [9.17, 15) is 0 Å². The summed E-state index contributed by atoms with van der Waals surface area (Å²) in [6.45, 7) is 65.5. The molecule has 0 aliphatic heterocycles. The molecule has 5 nitrogen and oxygen atoms in total. The summed E-state index contributed by atoms with van der Waals surface area (Å²) >= 11 is 0. The van der Waals surface area contributed by atoms with E-state index in [-0.39, 0.29) is 43.3 Å². The van der Waals surface area contributed by atoms with Gasteiger partial charge in [-0.2, -0.15) is 0 Å². The van der Waals surface area contributed by atoms with Crippen LogP contribution in [0.2, 0.25) is 0 Å². The summed E-state index contributed by atoms with van der Waals surface area (Å²) in [6, 6.07) is 48.9. The van der Waals surface area contributed by atoms with E-state index in [4.69, 9.17) is 8.22 Å². The summed E-state index contributed by atoms with van der Waals surface area (Å²) in [6.07, 6.45) is 16.0. The van der Waals surface area contributed by atoms with Crippen LogP contribution in [0.5, 0.6) is 0 Å². The lowest BCUT2D eigenvalue weighted by Crippen LogP contribution is -2.36. The lowest BCUT2D eigenvalue weighted by atomic mass is 9.75. The smallest absolute Gasteiger partial charge is 0.201 e. The molecule has 5 aromatic heterocycles. The molecule has 0 N–H and O–H groups in total. The van der Waals surface area contributed by atoms with Crippen LogP contribution in [0.4, 0.5) is 0 Å². The van der Waals surface area contributed by atoms with Gasteiger partial charge in [0, 0.05) is 94.2 Å². The lowest BCUT2D eigenvalue weighted by Gasteiger charge is -2.29. The zero-order chi connectivity index (χ0) is 88.1. The van der Waals surface area contributed by atoms with Gasteiger partial charge in [0.2, 0.25) is 28.5 Å². The van der Waals surface area contributed by atoms with E-state index in [2.05, 4.69) is 393 Å². The van der Waals surface area contributed by atoms with Crippen molar-refractivity contribution in [3.8, 4) is 56.3 Å². The average Bonchev–Trinajstić information content (AvgIpc) is 0.777. The van der Waals surface area contributed by atoms with E-state index in [0.717, 1.165) is 46.5 Å². The number of hydrogen-bond donors (Lipinski definition) is 0. The van der Waals surface area contributed by atoms with Crippen molar-refractivity contribution >= 4 is 0 Å². The molecule has 0 bridgehead atoms. The molecular formula is C105H150N5+5. The molecule has 5 heterocycles. The van der Waals surface area contributed by atoms with Gasteiger partial charge in [-0.1, -0.05) is 255 Å². The third kappa shape index (κ3) is 22.4. The van der Waals surface area contributed by atoms with Crippen molar-refractivity contribution in [1.82, 2.24) is 0 Å². The SMILES string of the molecule is CCC(C)(CC)c1ccc(-c2ccc(C)cc2C)[n+](C)c1.Cc1ccc(-c2cc(C(C)(C)C)c(C(C)(C)C)c[n+]2C)c(C)c1.Cc1ccccc1-c1cc(C(C)(C)C)c(C(C)(C)C)c[n+]1C.[2H]C([2H])([2H])c1ccc(-c2cc(C(C)(C)C)c(C(C)(C)C)c[n+]2C)c(C)c1.[2H]C([2H])([2H])c1ccc(-c2ccc(C(C)(CC)CC)c[n+]2C)c(C)c1. The van der Waals surface area contributed by atoms with Gasteiger partial charge in [0.25, 0.3) is 0 Å². The summed E-state index contributed by atoms with van der Waals surface area (Å²) in [4.78, 5) is 0. The van der Waals surface area contributed by atoms with E-state index in [1.807, 2.05) is 26.0 Å². The first-order chi connectivity index (χ1) is 53.1. The van der Waals surface area contributed by atoms with Gasteiger partial charge in [-0.15, -0.1) is 0 Å². The maximum atomic E-state index is 7.63. The second-order valence-corrected chi connectivity index (χ2v) is 38.7. The minimum atomic E-state index is -2.07. The molecule has 0 amide bonds. The van der Waals surface area contributed by atoms with Crippen LogP contribution in [0, 0.1) is 62.2 Å². The Morgan fingerprint density at radius 3 is 0.718 bits per heavy atom. The summed E-state index contributed by atoms with van der Waals surface area (Å²) in [5, 5.41) is 0. The van der Waals surface area contributed by atoms with E-state index in [1.165, 1.54) is 119 Å². The molecule has 0 unspecified atom stereocenters. The highest BCUT2D eigenvalue weighted by Crippen LogP contribution is 2.40. The maximum Gasteiger partial charge on any atom is 0.212 e. The van der Waals surface area contributed by atoms with E-state index < -0.39 is 13.7 Å². The fourth-order valence-electron chi connectivity index (χ4n) is 15.2. The number of pyridine rings is 5. The molecule has 0 aliphatic rings. The average molecular weight is 1490 g/mol. The van der Waals surface area contributed by atoms with Crippen LogP contribution in [0.1, 0.15) is 295 Å². The van der Waals surface area contributed by atoms with Gasteiger partial charge in [0.1, 0.15) is 35.2 Å². The number of nitrogens with zero attached hydrogens (tertiary/aromatic N) is 5. The molecule has 0 saturated heterocycles. The van der Waals surface area contributed by atoms with E-state index in [0.29, 0.717) is 11.1 Å². The Labute approximate surface area is 681 Å². The standard InChI is InChI=1S/2C22H32N.C21H30N.2C20H28N/c2*1-15-10-11-17(16(2)12-15)20-13-18(21(3,4)5)19(14-23(20)9)22(6,7)8;1-15-11-9-10-12-16(15)19-13-17(20(2,3)4)18(14-22(19)8)21(5,6)7;2*1-7-20(5,8-2)17-10-12-19(21(6)14-17)18-11-9-15(3)13-16(18)4/h2*10-14H,1-9H3;9-14H,1-8H3;2*9-14H,7-8H2,1-6H3/q5*+1/i1D3;;;3D3;. The van der Waals surface area contributed by atoms with Crippen LogP contribution in [0.3, 0.4) is 0 Å². The van der Waals surface area contributed by atoms with Crippen LogP contribution in [0.25, 0.3) is 56.3 Å². The summed E-state index contributed by atoms with van der Waals surface area (Å²) < 4.78 is 56.7. The van der Waals surface area contributed by atoms with Crippen molar-refractivity contribution in [1.29, 1.82) is 0 Å². The molecule has 5 heteroatoms. The first-order valence-corrected chi connectivity index (χ1v) is 40.7. The van der Waals surface area contributed by atoms with E-state index >= 15 is 0 Å². The lowest BCUT2D eigenvalue weighted by molar-refractivity contribution is -0.661. The molecular weight excluding hydrogens is 1330 g/mol. The molecule has 0 radical (unpaired) electrons. The van der Waals surface area contributed by atoms with Crippen LogP contribution in [-0.2, 0) is 78.6 Å². The largest absolute Gasteiger partial charge is 0.212 e. The number of rotatable bonds is 11. The molecule has 0 saturated carbocycles. The molecule has 0 spiro atoms. The predicted octanol–water partition coefficient (Wildman–Crippen LogP) is 25.6. The van der Waals surface area contributed by atoms with Crippen LogP contribution >= 0.6 is 0 Å². The monoisotopic (exact) mass is 1490 g/mol. The fourth-order valence-corrected chi connectivity index (χ4v) is 15.2. The highest BCUT2D eigenvalue weighted by Gasteiger charge is 2.35. The summed E-state index contributed by atoms with van der Waals surface area (Å²) in [5.41, 5.74) is 33.9. The Balaban J connectivity index is 0.000000226. The minimum Gasteiger partial charge on any atom is -0.201 e. The molecule has 10 rings (SSSR count). The molecule has 110 heavy (non-hydrogen) atoms. The summed E-state index contributed by atoms with van der Waals surface area (Å²) in [7, 11) is 10.6. The second kappa shape index (κ2) is 35.7. The number of aryl methyl sites for hydroxylation is 14. The molecule has 590 valence electrons. The van der Waals surface area contributed by atoms with Gasteiger partial charge in [-0.05, 0) is 218 Å². The molecule has 0 fully saturated rings. The Morgan fingerprint density at radius 2 is 0.482 bits per heavy atom. The van der Waals surface area contributed by atoms with Gasteiger partial charge in [0.15, 0.2) is 31.0 Å². The van der Waals surface area contributed by atoms with Gasteiger partial charge < -0.3 is 0 Å². The first kappa shape index (κ1) is 81.3. The molecule has 10 aromatic rings. The van der Waals surface area contributed by atoms with Gasteiger partial charge in [-0.3, -0.25) is 0 Å². The molecule has 0 aliphatic carbocycles. The number of benzene rings is 5. The third-order valence-corrected chi connectivity index (χ3v) is 23.2. The van der Waals surface area contributed by atoms with Crippen molar-refractivity contribution in [2.24, 2.45) is 35.2 Å². The Bertz CT molecular complexity index is 5070. The zero-order valence-electron chi connectivity index (χ0n) is 81.7. The van der Waals surface area contributed by atoms with Gasteiger partial charge in [-0.25, -0.2) is 22.8 Å². The minimum absolute atomic E-state index is 0.0260. The van der Waals surface area contributed by atoms with Gasteiger partial charge in [0.05, 0.1) is 0 Å². The molecule has 0 atom stereocenters.